The first-order chi connectivity index (χ1) is 21.3. The summed E-state index contributed by atoms with van der Waals surface area (Å²) in [7, 11) is 3.20. The van der Waals surface area contributed by atoms with Crippen molar-refractivity contribution in [3.8, 4) is 11.5 Å². The Bertz CT molecular complexity index is 2120. The van der Waals surface area contributed by atoms with Gasteiger partial charge in [0.05, 0.1) is 19.8 Å². The second kappa shape index (κ2) is 11.7. The summed E-state index contributed by atoms with van der Waals surface area (Å²) in [5.74, 6) is 0.636. The molecule has 0 unspecified atom stereocenters. The largest absolute Gasteiger partial charge is 0.497 e. The van der Waals surface area contributed by atoms with E-state index in [0.29, 0.717) is 22.6 Å². The van der Waals surface area contributed by atoms with Crippen molar-refractivity contribution in [3.05, 3.63) is 119 Å². The average molecular weight is 585 g/mol. The molecule has 0 atom stereocenters. The van der Waals surface area contributed by atoms with Gasteiger partial charge in [-0.2, -0.15) is 0 Å². The minimum atomic E-state index is -0.510. The van der Waals surface area contributed by atoms with Gasteiger partial charge in [0.25, 0.3) is 0 Å². The van der Waals surface area contributed by atoms with Gasteiger partial charge in [-0.25, -0.2) is 4.79 Å². The number of aromatic nitrogens is 1. The Labute approximate surface area is 255 Å². The number of aryl methyl sites for hydroxylation is 2. The van der Waals surface area contributed by atoms with Crippen LogP contribution >= 0.6 is 0 Å². The van der Waals surface area contributed by atoms with Crippen LogP contribution in [0.4, 0.5) is 0 Å². The number of ether oxygens (including phenoxy) is 2. The van der Waals surface area contributed by atoms with E-state index >= 15 is 0 Å². The molecule has 0 N–H and O–H groups in total. The second-order valence-electron chi connectivity index (χ2n) is 10.6. The number of ketones is 1. The molecular weight excluding hydrogens is 552 g/mol. The van der Waals surface area contributed by atoms with Gasteiger partial charge in [-0.05, 0) is 84.8 Å². The van der Waals surface area contributed by atoms with Crippen LogP contribution in [-0.4, -0.2) is 36.3 Å². The number of carbonyl (C=O) groups is 2. The van der Waals surface area contributed by atoms with Crippen molar-refractivity contribution >= 4 is 50.0 Å². The van der Waals surface area contributed by atoms with Crippen molar-refractivity contribution in [2.45, 2.75) is 27.3 Å². The van der Waals surface area contributed by atoms with E-state index < -0.39 is 5.97 Å². The number of benzene rings is 5. The van der Waals surface area contributed by atoms with Crippen molar-refractivity contribution in [2.24, 2.45) is 5.16 Å². The molecule has 0 bridgehead atoms. The minimum Gasteiger partial charge on any atom is -0.497 e. The number of fused-ring (bicyclic) bond motifs is 4. The predicted octanol–water partition coefficient (Wildman–Crippen LogP) is 7.84. The molecule has 0 saturated heterocycles. The topological polar surface area (TPSA) is 79.1 Å². The predicted molar refractivity (Wildman–Crippen MR) is 174 cm³/mol. The second-order valence-corrected chi connectivity index (χ2v) is 10.6. The molecule has 44 heavy (non-hydrogen) atoms. The first-order valence-corrected chi connectivity index (χ1v) is 14.4. The fourth-order valence-electron chi connectivity index (χ4n) is 5.93. The van der Waals surface area contributed by atoms with Gasteiger partial charge in [0.2, 0.25) is 0 Å². The number of nitrogens with zero attached hydrogens (tertiary/aromatic N) is 2. The highest BCUT2D eigenvalue weighted by Gasteiger charge is 2.21. The zero-order chi connectivity index (χ0) is 31.0. The standard InChI is InChI=1S/C37H32N2O5/c1-6-39-32-16-11-25(36(38-44-23(3)40)28-15-14-27(42-4)19-22(28)2)20-30(32)31-21-26(12-17-33(31)39)37(41)35-29-10-8-7-9-24(29)13-18-34(35)43-5/h7-21H,6H2,1-5H3/b38-36+. The molecule has 0 spiro atoms. The van der Waals surface area contributed by atoms with Crippen molar-refractivity contribution in [1.82, 2.24) is 4.57 Å². The van der Waals surface area contributed by atoms with Crippen LogP contribution in [0.3, 0.4) is 0 Å². The summed E-state index contributed by atoms with van der Waals surface area (Å²) in [6.07, 6.45) is 0. The van der Waals surface area contributed by atoms with E-state index in [2.05, 4.69) is 16.6 Å². The van der Waals surface area contributed by atoms with Gasteiger partial charge < -0.3 is 18.9 Å². The first kappa shape index (κ1) is 28.7. The quantitative estimate of drug-likeness (QED) is 0.0788. The van der Waals surface area contributed by atoms with Gasteiger partial charge in [-0.15, -0.1) is 0 Å². The first-order valence-electron chi connectivity index (χ1n) is 14.4. The van der Waals surface area contributed by atoms with Crippen LogP contribution < -0.4 is 9.47 Å². The van der Waals surface area contributed by atoms with Crippen molar-refractivity contribution in [3.63, 3.8) is 0 Å². The molecule has 1 aromatic heterocycles. The van der Waals surface area contributed by atoms with Crippen molar-refractivity contribution in [1.29, 1.82) is 0 Å². The van der Waals surface area contributed by atoms with Gasteiger partial charge in [-0.1, -0.05) is 41.6 Å². The van der Waals surface area contributed by atoms with Crippen molar-refractivity contribution < 1.29 is 23.9 Å². The Morgan fingerprint density at radius 2 is 1.48 bits per heavy atom. The normalized spacial score (nSPS) is 11.7. The zero-order valence-electron chi connectivity index (χ0n) is 25.3. The summed E-state index contributed by atoms with van der Waals surface area (Å²) in [6.45, 7) is 6.13. The number of hydrogen-bond donors (Lipinski definition) is 0. The van der Waals surface area contributed by atoms with Gasteiger partial charge in [0, 0.05) is 52.0 Å². The fraction of sp³-hybridized carbons (Fsp3) is 0.162. The highest BCUT2D eigenvalue weighted by molar-refractivity contribution is 6.21. The lowest BCUT2D eigenvalue weighted by Crippen LogP contribution is -2.08. The van der Waals surface area contributed by atoms with Crippen molar-refractivity contribution in [2.75, 3.05) is 14.2 Å². The lowest BCUT2D eigenvalue weighted by molar-refractivity contribution is -0.140. The third kappa shape index (κ3) is 4.96. The Morgan fingerprint density at radius 1 is 0.773 bits per heavy atom. The maximum Gasteiger partial charge on any atom is 0.332 e. The van der Waals surface area contributed by atoms with Gasteiger partial charge >= 0.3 is 5.97 Å². The molecule has 5 aromatic carbocycles. The molecule has 7 nitrogen and oxygen atoms in total. The maximum atomic E-state index is 14.1. The Kier molecular flexibility index (Phi) is 7.62. The van der Waals surface area contributed by atoms with E-state index in [9.17, 15) is 9.59 Å². The van der Waals surface area contributed by atoms with E-state index in [-0.39, 0.29) is 5.78 Å². The van der Waals surface area contributed by atoms with E-state index in [1.807, 2.05) is 97.9 Å². The molecule has 0 aliphatic heterocycles. The summed E-state index contributed by atoms with van der Waals surface area (Å²) in [5, 5.41) is 7.99. The summed E-state index contributed by atoms with van der Waals surface area (Å²) >= 11 is 0. The average Bonchev–Trinajstić information content (AvgIpc) is 3.36. The number of rotatable bonds is 8. The lowest BCUT2D eigenvalue weighted by Gasteiger charge is -2.12. The monoisotopic (exact) mass is 584 g/mol. The summed E-state index contributed by atoms with van der Waals surface area (Å²) in [6, 6.07) is 29.2. The third-order valence-electron chi connectivity index (χ3n) is 8.01. The number of carbonyl (C=O) groups excluding carboxylic acids is 2. The molecule has 0 fully saturated rings. The SMILES string of the molecule is CCn1c2ccc(C(=O)c3c(OC)ccc4ccccc34)cc2c2cc(/C(=N\OC(C)=O)c3ccc(OC)cc3C)ccc21. The molecule has 0 aliphatic carbocycles. The van der Waals surface area contributed by atoms with Crippen LogP contribution in [0.2, 0.25) is 0 Å². The Hall–Kier alpha value is -5.43. The fourth-order valence-corrected chi connectivity index (χ4v) is 5.93. The molecule has 220 valence electrons. The molecule has 0 saturated carbocycles. The van der Waals surface area contributed by atoms with Gasteiger partial charge in [0.15, 0.2) is 5.78 Å². The van der Waals surface area contributed by atoms with E-state index in [1.165, 1.54) is 6.92 Å². The van der Waals surface area contributed by atoms with Crippen LogP contribution in [0.1, 0.15) is 46.5 Å². The molecule has 1 heterocycles. The third-order valence-corrected chi connectivity index (χ3v) is 8.01. The van der Waals surface area contributed by atoms with Crippen LogP contribution in [0.5, 0.6) is 11.5 Å². The molecule has 6 rings (SSSR count). The highest BCUT2D eigenvalue weighted by atomic mass is 16.7. The molecular formula is C37H32N2O5. The van der Waals surface area contributed by atoms with E-state index in [1.54, 1.807) is 14.2 Å². The van der Waals surface area contributed by atoms with Gasteiger partial charge in [0.1, 0.15) is 17.2 Å². The molecule has 0 radical (unpaired) electrons. The Balaban J connectivity index is 1.55. The van der Waals surface area contributed by atoms with E-state index in [0.717, 1.165) is 61.6 Å². The minimum absolute atomic E-state index is 0.111. The van der Waals surface area contributed by atoms with Crippen LogP contribution in [0, 0.1) is 6.92 Å². The van der Waals surface area contributed by atoms with Crippen LogP contribution in [-0.2, 0) is 16.2 Å². The zero-order valence-corrected chi connectivity index (χ0v) is 25.3. The van der Waals surface area contributed by atoms with Crippen LogP contribution in [0.25, 0.3) is 32.6 Å². The summed E-state index contributed by atoms with van der Waals surface area (Å²) in [5.41, 5.74) is 6.16. The van der Waals surface area contributed by atoms with Crippen LogP contribution in [0.15, 0.2) is 96.2 Å². The maximum absolute atomic E-state index is 14.1. The lowest BCUT2D eigenvalue weighted by atomic mass is 9.94. The molecule has 7 heteroatoms. The summed E-state index contributed by atoms with van der Waals surface area (Å²) in [4.78, 5) is 31.1. The number of methoxy groups -OCH3 is 2. The van der Waals surface area contributed by atoms with Gasteiger partial charge in [-0.3, -0.25) is 4.79 Å². The smallest absolute Gasteiger partial charge is 0.332 e. The Morgan fingerprint density at radius 3 is 2.14 bits per heavy atom. The molecule has 0 aliphatic rings. The summed E-state index contributed by atoms with van der Waals surface area (Å²) < 4.78 is 13.3. The van der Waals surface area contributed by atoms with E-state index in [4.69, 9.17) is 14.3 Å². The number of oxime groups is 1. The highest BCUT2D eigenvalue weighted by Crippen LogP contribution is 2.35. The number of hydrogen-bond acceptors (Lipinski definition) is 6. The molecule has 0 amide bonds. The molecule has 6 aromatic rings.